The quantitative estimate of drug-likeness (QED) is 0.191. The molecule has 0 spiro atoms. The van der Waals surface area contributed by atoms with Crippen LogP contribution in [-0.4, -0.2) is 40.2 Å². The predicted molar refractivity (Wildman–Crippen MR) is 153 cm³/mol. The Hall–Kier alpha value is -4.93. The van der Waals surface area contributed by atoms with Gasteiger partial charge >= 0.3 is 0 Å². The molecule has 39 heavy (non-hydrogen) atoms. The van der Waals surface area contributed by atoms with Crippen molar-refractivity contribution in [1.29, 1.82) is 0 Å². The highest BCUT2D eigenvalue weighted by Crippen LogP contribution is 2.34. The number of imidazole rings is 1. The van der Waals surface area contributed by atoms with Gasteiger partial charge in [-0.1, -0.05) is 30.3 Å². The van der Waals surface area contributed by atoms with Crippen LogP contribution in [0.1, 0.15) is 16.7 Å². The van der Waals surface area contributed by atoms with Gasteiger partial charge in [0.05, 0.1) is 27.7 Å². The molecule has 1 unspecified atom stereocenters. The molecular weight excluding hydrogens is 508 g/mol. The standard InChI is InChI=1S/C29H22N8OS/c1-16-7-8-23(39-16)26-25-22(9-10-31-26)34-28(35-25)24-21-12-19(14-32-27(21)37-36-24)18-11-20(15-30-13-18)33-29(38)17-5-3-2-4-6-17/h2-15,29,33,38H,1H3,(H,34,35)(H,32,36,37). The van der Waals surface area contributed by atoms with Crippen LogP contribution in [0, 0.1) is 6.92 Å². The van der Waals surface area contributed by atoms with Gasteiger partial charge in [-0.2, -0.15) is 5.10 Å². The maximum atomic E-state index is 10.6. The molecule has 0 saturated heterocycles. The first kappa shape index (κ1) is 23.2. The van der Waals surface area contributed by atoms with E-state index in [1.807, 2.05) is 48.5 Å². The van der Waals surface area contributed by atoms with Crippen LogP contribution >= 0.6 is 11.3 Å². The monoisotopic (exact) mass is 530 g/mol. The minimum atomic E-state index is -0.852. The van der Waals surface area contributed by atoms with Crippen molar-refractivity contribution in [2.45, 2.75) is 13.2 Å². The van der Waals surface area contributed by atoms with Gasteiger partial charge in [-0.25, -0.2) is 9.97 Å². The summed E-state index contributed by atoms with van der Waals surface area (Å²) in [5.74, 6) is 0.636. The van der Waals surface area contributed by atoms with E-state index < -0.39 is 6.23 Å². The fourth-order valence-electron chi connectivity index (χ4n) is 4.58. The largest absolute Gasteiger partial charge is 0.369 e. The number of aliphatic hydroxyl groups excluding tert-OH is 1. The van der Waals surface area contributed by atoms with Crippen molar-refractivity contribution in [2.75, 3.05) is 5.32 Å². The summed E-state index contributed by atoms with van der Waals surface area (Å²) >= 11 is 1.69. The van der Waals surface area contributed by atoms with Gasteiger partial charge < -0.3 is 15.4 Å². The Morgan fingerprint density at radius 3 is 2.64 bits per heavy atom. The molecule has 4 N–H and O–H groups in total. The molecule has 1 atom stereocenters. The highest BCUT2D eigenvalue weighted by atomic mass is 32.1. The van der Waals surface area contributed by atoms with Crippen molar-refractivity contribution in [3.63, 3.8) is 0 Å². The minimum absolute atomic E-state index is 0.636. The summed E-state index contributed by atoms with van der Waals surface area (Å²) in [6.45, 7) is 2.08. The molecule has 0 amide bonds. The normalized spacial score (nSPS) is 12.3. The van der Waals surface area contributed by atoms with E-state index in [4.69, 9.17) is 4.98 Å². The Labute approximate surface area is 226 Å². The summed E-state index contributed by atoms with van der Waals surface area (Å²) in [4.78, 5) is 24.2. The lowest BCUT2D eigenvalue weighted by atomic mass is 10.1. The zero-order chi connectivity index (χ0) is 26.3. The summed E-state index contributed by atoms with van der Waals surface area (Å²) in [6, 6.07) is 19.5. The minimum Gasteiger partial charge on any atom is -0.369 e. The van der Waals surface area contributed by atoms with E-state index in [9.17, 15) is 5.11 Å². The molecule has 7 aromatic rings. The average molecular weight is 531 g/mol. The molecule has 0 radical (unpaired) electrons. The number of rotatable bonds is 6. The maximum absolute atomic E-state index is 10.6. The zero-order valence-corrected chi connectivity index (χ0v) is 21.6. The number of fused-ring (bicyclic) bond motifs is 2. The number of aliphatic hydroxyl groups is 1. The second-order valence-corrected chi connectivity index (χ2v) is 10.5. The number of aromatic nitrogens is 7. The van der Waals surface area contributed by atoms with Gasteiger partial charge in [-0.15, -0.1) is 11.3 Å². The first-order chi connectivity index (χ1) is 19.1. The van der Waals surface area contributed by atoms with Crippen molar-refractivity contribution >= 4 is 39.1 Å². The highest BCUT2D eigenvalue weighted by Gasteiger charge is 2.18. The van der Waals surface area contributed by atoms with Crippen LogP contribution in [0.25, 0.3) is 55.3 Å². The molecule has 7 rings (SSSR count). The van der Waals surface area contributed by atoms with Crippen LogP contribution in [-0.2, 0) is 0 Å². The molecule has 0 fully saturated rings. The van der Waals surface area contributed by atoms with Crippen LogP contribution in [0.15, 0.2) is 85.5 Å². The third-order valence-corrected chi connectivity index (χ3v) is 7.51. The van der Waals surface area contributed by atoms with Crippen LogP contribution < -0.4 is 5.32 Å². The number of nitrogens with zero attached hydrogens (tertiary/aromatic N) is 5. The second kappa shape index (κ2) is 9.43. The summed E-state index contributed by atoms with van der Waals surface area (Å²) in [7, 11) is 0. The Morgan fingerprint density at radius 1 is 0.923 bits per heavy atom. The van der Waals surface area contributed by atoms with Crippen LogP contribution in [0.5, 0.6) is 0 Å². The molecule has 10 heteroatoms. The summed E-state index contributed by atoms with van der Waals surface area (Å²) in [5, 5.41) is 22.1. The number of H-pyrrole nitrogens is 2. The number of thiophene rings is 1. The highest BCUT2D eigenvalue weighted by molar-refractivity contribution is 7.15. The smallest absolute Gasteiger partial charge is 0.159 e. The Bertz CT molecular complexity index is 1940. The van der Waals surface area contributed by atoms with E-state index in [0.29, 0.717) is 22.9 Å². The van der Waals surface area contributed by atoms with E-state index in [-0.39, 0.29) is 0 Å². The number of anilines is 1. The SMILES string of the molecule is Cc1ccc(-c2nccc3[nH]c(-c4n[nH]c5ncc(-c6cncc(NC(O)c7ccccc7)c6)cc45)nc23)s1. The maximum Gasteiger partial charge on any atom is 0.159 e. The molecule has 190 valence electrons. The fourth-order valence-corrected chi connectivity index (χ4v) is 5.45. The molecule has 0 aliphatic carbocycles. The number of hydrogen-bond acceptors (Lipinski definition) is 8. The lowest BCUT2D eigenvalue weighted by Crippen LogP contribution is -2.09. The number of nitrogens with one attached hydrogen (secondary N) is 3. The fraction of sp³-hybridized carbons (Fsp3) is 0.0690. The molecule has 0 aliphatic rings. The third kappa shape index (κ3) is 4.31. The molecule has 9 nitrogen and oxygen atoms in total. The van der Waals surface area contributed by atoms with Gasteiger partial charge in [0.2, 0.25) is 0 Å². The number of pyridine rings is 3. The molecule has 1 aromatic carbocycles. The van der Waals surface area contributed by atoms with E-state index in [2.05, 4.69) is 54.5 Å². The lowest BCUT2D eigenvalue weighted by Gasteiger charge is -2.15. The van der Waals surface area contributed by atoms with Gasteiger partial charge in [0.1, 0.15) is 16.9 Å². The Kier molecular flexibility index (Phi) is 5.61. The first-order valence-corrected chi connectivity index (χ1v) is 13.1. The lowest BCUT2D eigenvalue weighted by molar-refractivity contribution is 0.208. The van der Waals surface area contributed by atoms with Crippen molar-refractivity contribution in [2.24, 2.45) is 0 Å². The molecule has 6 aromatic heterocycles. The second-order valence-electron chi connectivity index (χ2n) is 9.16. The van der Waals surface area contributed by atoms with Crippen molar-refractivity contribution < 1.29 is 5.11 Å². The molecule has 0 saturated carbocycles. The number of benzene rings is 1. The Morgan fingerprint density at radius 2 is 1.79 bits per heavy atom. The predicted octanol–water partition coefficient (Wildman–Crippen LogP) is 6.10. The van der Waals surface area contributed by atoms with Gasteiger partial charge in [0.25, 0.3) is 0 Å². The van der Waals surface area contributed by atoms with E-state index in [0.717, 1.165) is 43.7 Å². The van der Waals surface area contributed by atoms with Gasteiger partial charge in [-0.05, 0) is 37.3 Å². The average Bonchev–Trinajstić information content (AvgIpc) is 3.71. The zero-order valence-electron chi connectivity index (χ0n) is 20.8. The van der Waals surface area contributed by atoms with Crippen molar-refractivity contribution in [1.82, 2.24) is 35.1 Å². The van der Waals surface area contributed by atoms with Crippen LogP contribution in [0.3, 0.4) is 0 Å². The van der Waals surface area contributed by atoms with E-state index in [1.54, 1.807) is 36.1 Å². The van der Waals surface area contributed by atoms with E-state index in [1.165, 1.54) is 4.88 Å². The summed E-state index contributed by atoms with van der Waals surface area (Å²) in [6.07, 6.45) is 6.16. The van der Waals surface area contributed by atoms with Crippen molar-refractivity contribution in [3.05, 3.63) is 95.9 Å². The molecule has 0 bridgehead atoms. The number of hydrogen-bond donors (Lipinski definition) is 4. The van der Waals surface area contributed by atoms with Gasteiger partial charge in [-0.3, -0.25) is 15.1 Å². The van der Waals surface area contributed by atoms with E-state index >= 15 is 0 Å². The van der Waals surface area contributed by atoms with Gasteiger partial charge in [0.15, 0.2) is 17.7 Å². The third-order valence-electron chi connectivity index (χ3n) is 6.51. The molecule has 0 aliphatic heterocycles. The summed E-state index contributed by atoms with van der Waals surface area (Å²) in [5.41, 5.74) is 7.04. The van der Waals surface area contributed by atoms with Crippen LogP contribution in [0.4, 0.5) is 5.69 Å². The molecular formula is C29H22N8OS. The Balaban J connectivity index is 1.25. The summed E-state index contributed by atoms with van der Waals surface area (Å²) < 4.78 is 0. The molecule has 6 heterocycles. The van der Waals surface area contributed by atoms with Gasteiger partial charge in [0, 0.05) is 40.2 Å². The first-order valence-electron chi connectivity index (χ1n) is 12.3. The van der Waals surface area contributed by atoms with Crippen molar-refractivity contribution in [3.8, 4) is 33.2 Å². The topological polar surface area (TPSA) is 128 Å². The number of aromatic amines is 2. The van der Waals surface area contributed by atoms with Crippen LogP contribution in [0.2, 0.25) is 0 Å². The number of aryl methyl sites for hydroxylation is 1.